The maximum atomic E-state index is 12.5. The number of ether oxygens (including phenoxy) is 2. The number of benzene rings is 1. The molecule has 7 nitrogen and oxygen atoms in total. The van der Waals surface area contributed by atoms with Crippen LogP contribution in [-0.2, 0) is 24.3 Å². The van der Waals surface area contributed by atoms with Crippen LogP contribution < -0.4 is 5.73 Å². The van der Waals surface area contributed by atoms with Crippen LogP contribution in [0, 0.1) is 0 Å². The zero-order valence-corrected chi connectivity index (χ0v) is 12.9. The smallest absolute Gasteiger partial charge is 0.336 e. The summed E-state index contributed by atoms with van der Waals surface area (Å²) < 4.78 is 36.0. The molecule has 0 radical (unpaired) electrons. The van der Waals surface area contributed by atoms with Gasteiger partial charge in [-0.1, -0.05) is 11.6 Å². The minimum atomic E-state index is -3.77. The van der Waals surface area contributed by atoms with Crippen molar-refractivity contribution in [2.75, 3.05) is 32.5 Å². The van der Waals surface area contributed by atoms with Crippen LogP contribution in [-0.4, -0.2) is 51.6 Å². The molecule has 1 unspecified atom stereocenters. The highest BCUT2D eigenvalue weighted by atomic mass is 35.5. The van der Waals surface area contributed by atoms with E-state index in [1.54, 1.807) is 0 Å². The molecule has 1 atom stereocenters. The Hall–Kier alpha value is -1.35. The van der Waals surface area contributed by atoms with Gasteiger partial charge in [0.2, 0.25) is 10.0 Å². The summed E-state index contributed by atoms with van der Waals surface area (Å²) >= 11 is 5.79. The number of nitrogen functional groups attached to an aromatic ring is 1. The highest BCUT2D eigenvalue weighted by molar-refractivity contribution is 7.89. The Morgan fingerprint density at radius 1 is 1.52 bits per heavy atom. The molecule has 1 fully saturated rings. The molecular formula is C12H15ClN2O5S. The van der Waals surface area contributed by atoms with Crippen LogP contribution in [0.15, 0.2) is 23.1 Å². The molecule has 1 aromatic carbocycles. The molecule has 0 aliphatic carbocycles. The molecule has 0 amide bonds. The second kappa shape index (κ2) is 6.18. The molecule has 1 saturated heterocycles. The van der Waals surface area contributed by atoms with E-state index in [0.29, 0.717) is 0 Å². The largest absolute Gasteiger partial charge is 0.467 e. The molecule has 2 N–H and O–H groups in total. The number of esters is 1. The van der Waals surface area contributed by atoms with Crippen molar-refractivity contribution in [2.45, 2.75) is 11.0 Å². The fourth-order valence-corrected chi connectivity index (χ4v) is 3.53. The van der Waals surface area contributed by atoms with Crippen molar-refractivity contribution in [3.8, 4) is 0 Å². The molecule has 1 aliphatic rings. The molecule has 9 heteroatoms. The lowest BCUT2D eigenvalue weighted by Gasteiger charge is -2.30. The van der Waals surface area contributed by atoms with Gasteiger partial charge in [-0.2, -0.15) is 4.31 Å². The lowest BCUT2D eigenvalue weighted by molar-refractivity contribution is -0.157. The highest BCUT2D eigenvalue weighted by Gasteiger charge is 2.34. The number of sulfonamides is 1. The molecule has 0 bridgehead atoms. The summed E-state index contributed by atoms with van der Waals surface area (Å²) in [7, 11) is -2.55. The van der Waals surface area contributed by atoms with Crippen molar-refractivity contribution in [3.05, 3.63) is 23.2 Å². The highest BCUT2D eigenvalue weighted by Crippen LogP contribution is 2.25. The van der Waals surface area contributed by atoms with Crippen LogP contribution in [0.1, 0.15) is 0 Å². The van der Waals surface area contributed by atoms with Gasteiger partial charge in [-0.3, -0.25) is 0 Å². The van der Waals surface area contributed by atoms with Gasteiger partial charge < -0.3 is 15.2 Å². The Morgan fingerprint density at radius 3 is 2.86 bits per heavy atom. The maximum Gasteiger partial charge on any atom is 0.336 e. The quantitative estimate of drug-likeness (QED) is 0.638. The third-order valence-corrected chi connectivity index (χ3v) is 5.30. The minimum Gasteiger partial charge on any atom is -0.467 e. The fourth-order valence-electron chi connectivity index (χ4n) is 1.95. The van der Waals surface area contributed by atoms with Crippen LogP contribution >= 0.6 is 11.6 Å². The van der Waals surface area contributed by atoms with E-state index in [1.807, 2.05) is 0 Å². The van der Waals surface area contributed by atoms with Crippen LogP contribution in [0.4, 0.5) is 5.69 Å². The molecule has 1 aliphatic heterocycles. The summed E-state index contributed by atoms with van der Waals surface area (Å²) in [6.45, 7) is 0.165. The van der Waals surface area contributed by atoms with Gasteiger partial charge in [0.1, 0.15) is 0 Å². The number of carbonyl (C=O) groups excluding carboxylic acids is 1. The second-order valence-corrected chi connectivity index (χ2v) is 6.77. The first-order valence-electron chi connectivity index (χ1n) is 6.11. The lowest BCUT2D eigenvalue weighted by Crippen LogP contribution is -2.48. The number of nitrogens with two attached hydrogens (primary N) is 1. The number of rotatable bonds is 3. The SMILES string of the molecule is COC(=O)C1CN(S(=O)(=O)c2ccc(Cl)c(N)c2)CCO1. The molecule has 2 rings (SSSR count). The van der Waals surface area contributed by atoms with E-state index in [2.05, 4.69) is 4.74 Å². The first-order chi connectivity index (χ1) is 9.86. The van der Waals surface area contributed by atoms with E-state index in [4.69, 9.17) is 22.1 Å². The maximum absolute atomic E-state index is 12.5. The molecular weight excluding hydrogens is 320 g/mol. The summed E-state index contributed by atoms with van der Waals surface area (Å²) in [5.74, 6) is -0.606. The van der Waals surface area contributed by atoms with E-state index >= 15 is 0 Å². The molecule has 116 valence electrons. The van der Waals surface area contributed by atoms with Crippen LogP contribution in [0.2, 0.25) is 5.02 Å². The van der Waals surface area contributed by atoms with E-state index in [-0.39, 0.29) is 35.3 Å². The number of nitrogens with zero attached hydrogens (tertiary/aromatic N) is 1. The predicted molar refractivity (Wildman–Crippen MR) is 76.4 cm³/mol. The summed E-state index contributed by atoms with van der Waals surface area (Å²) in [5, 5.41) is 0.281. The zero-order chi connectivity index (χ0) is 15.6. The van der Waals surface area contributed by atoms with Crippen molar-refractivity contribution in [2.24, 2.45) is 0 Å². The topological polar surface area (TPSA) is 98.9 Å². The Kier molecular flexibility index (Phi) is 4.72. The Balaban J connectivity index is 2.26. The third kappa shape index (κ3) is 3.29. The summed E-state index contributed by atoms with van der Waals surface area (Å²) in [6, 6.07) is 4.08. The Morgan fingerprint density at radius 2 is 2.24 bits per heavy atom. The molecule has 0 spiro atoms. The van der Waals surface area contributed by atoms with E-state index in [9.17, 15) is 13.2 Å². The molecule has 0 aromatic heterocycles. The van der Waals surface area contributed by atoms with Crippen molar-refractivity contribution in [3.63, 3.8) is 0 Å². The van der Waals surface area contributed by atoms with Crippen molar-refractivity contribution < 1.29 is 22.7 Å². The van der Waals surface area contributed by atoms with Gasteiger partial charge in [0.05, 0.1) is 35.9 Å². The Bertz CT molecular complexity index is 649. The van der Waals surface area contributed by atoms with Gasteiger partial charge in [0, 0.05) is 6.54 Å². The first-order valence-corrected chi connectivity index (χ1v) is 7.92. The number of anilines is 1. The number of carbonyl (C=O) groups is 1. The number of hydrogen-bond acceptors (Lipinski definition) is 6. The van der Waals surface area contributed by atoms with Gasteiger partial charge in [0.25, 0.3) is 0 Å². The van der Waals surface area contributed by atoms with Gasteiger partial charge in [-0.25, -0.2) is 13.2 Å². The van der Waals surface area contributed by atoms with Gasteiger partial charge in [-0.15, -0.1) is 0 Å². The zero-order valence-electron chi connectivity index (χ0n) is 11.3. The Labute approximate surface area is 127 Å². The average molecular weight is 335 g/mol. The normalized spacial score (nSPS) is 20.2. The predicted octanol–water partition coefficient (Wildman–Crippen LogP) is 0.485. The number of hydrogen-bond donors (Lipinski definition) is 1. The summed E-state index contributed by atoms with van der Waals surface area (Å²) in [4.78, 5) is 11.5. The monoisotopic (exact) mass is 334 g/mol. The standard InChI is InChI=1S/C12H15ClN2O5S/c1-19-12(16)11-7-15(4-5-20-11)21(17,18)8-2-3-9(13)10(14)6-8/h2-3,6,11H,4-5,7,14H2,1H3. The lowest BCUT2D eigenvalue weighted by atomic mass is 10.3. The van der Waals surface area contributed by atoms with Crippen molar-refractivity contribution >= 4 is 33.3 Å². The third-order valence-electron chi connectivity index (χ3n) is 3.10. The number of morpholine rings is 1. The van der Waals surface area contributed by atoms with E-state index in [1.165, 1.54) is 29.6 Å². The van der Waals surface area contributed by atoms with Crippen LogP contribution in [0.25, 0.3) is 0 Å². The first kappa shape index (κ1) is 16.0. The molecule has 1 aromatic rings. The molecule has 21 heavy (non-hydrogen) atoms. The fraction of sp³-hybridized carbons (Fsp3) is 0.417. The van der Waals surface area contributed by atoms with Gasteiger partial charge >= 0.3 is 5.97 Å². The summed E-state index contributed by atoms with van der Waals surface area (Å²) in [6.07, 6.45) is -0.928. The van der Waals surface area contributed by atoms with Crippen molar-refractivity contribution in [1.82, 2.24) is 4.31 Å². The molecule has 1 heterocycles. The van der Waals surface area contributed by atoms with Crippen LogP contribution in [0.3, 0.4) is 0 Å². The number of halogens is 1. The summed E-state index contributed by atoms with van der Waals surface area (Å²) in [5.41, 5.74) is 5.81. The van der Waals surface area contributed by atoms with Gasteiger partial charge in [0.15, 0.2) is 6.10 Å². The van der Waals surface area contributed by atoms with Crippen LogP contribution in [0.5, 0.6) is 0 Å². The number of methoxy groups -OCH3 is 1. The van der Waals surface area contributed by atoms with E-state index in [0.717, 1.165) is 0 Å². The molecule has 0 saturated carbocycles. The average Bonchev–Trinajstić information content (AvgIpc) is 2.49. The van der Waals surface area contributed by atoms with Gasteiger partial charge in [-0.05, 0) is 18.2 Å². The van der Waals surface area contributed by atoms with E-state index < -0.39 is 22.1 Å². The second-order valence-electron chi connectivity index (χ2n) is 4.43. The van der Waals surface area contributed by atoms with Crippen molar-refractivity contribution in [1.29, 1.82) is 0 Å². The minimum absolute atomic E-state index is 0.0231.